The molecular formula is C60H40N4. The fraction of sp³-hybridized carbons (Fsp3) is 0. The van der Waals surface area contributed by atoms with Crippen LogP contribution in [0.5, 0.6) is 0 Å². The molecule has 300 valence electrons. The highest BCUT2D eigenvalue weighted by atomic mass is 15.1. The number of benzene rings is 9. The lowest BCUT2D eigenvalue weighted by molar-refractivity contribution is 1.18. The van der Waals surface area contributed by atoms with Gasteiger partial charge in [-0.3, -0.25) is 9.97 Å². The smallest absolute Gasteiger partial charge is 0.0708 e. The Balaban J connectivity index is 1.17. The summed E-state index contributed by atoms with van der Waals surface area (Å²) in [6.07, 6.45) is 3.76. The predicted molar refractivity (Wildman–Crippen MR) is 268 cm³/mol. The molecule has 12 aromatic rings. The minimum atomic E-state index is 0.935. The number of aromatic nitrogens is 3. The normalized spacial score (nSPS) is 11.4. The van der Waals surface area contributed by atoms with Gasteiger partial charge < -0.3 is 9.47 Å². The van der Waals surface area contributed by atoms with Crippen LogP contribution in [0.25, 0.3) is 93.8 Å². The molecule has 0 fully saturated rings. The summed E-state index contributed by atoms with van der Waals surface area (Å²) in [6, 6.07) is 82.6. The maximum Gasteiger partial charge on any atom is 0.0708 e. The molecule has 9 aromatic carbocycles. The topological polar surface area (TPSA) is 34.0 Å². The summed E-state index contributed by atoms with van der Waals surface area (Å²) >= 11 is 0. The van der Waals surface area contributed by atoms with Crippen molar-refractivity contribution >= 4 is 60.4 Å². The molecule has 12 rings (SSSR count). The van der Waals surface area contributed by atoms with Crippen LogP contribution < -0.4 is 4.90 Å². The van der Waals surface area contributed by atoms with E-state index < -0.39 is 0 Å². The van der Waals surface area contributed by atoms with Crippen molar-refractivity contribution < 1.29 is 0 Å². The largest absolute Gasteiger partial charge is 0.310 e. The van der Waals surface area contributed by atoms with Gasteiger partial charge in [0.05, 0.1) is 22.4 Å². The van der Waals surface area contributed by atoms with Crippen molar-refractivity contribution in [1.29, 1.82) is 0 Å². The average molecular weight is 817 g/mol. The van der Waals surface area contributed by atoms with Gasteiger partial charge in [0.1, 0.15) is 0 Å². The van der Waals surface area contributed by atoms with Crippen LogP contribution in [0.15, 0.2) is 243 Å². The van der Waals surface area contributed by atoms with E-state index in [-0.39, 0.29) is 0 Å². The van der Waals surface area contributed by atoms with Crippen LogP contribution >= 0.6 is 0 Å². The zero-order valence-corrected chi connectivity index (χ0v) is 34.9. The van der Waals surface area contributed by atoms with Crippen molar-refractivity contribution in [2.24, 2.45) is 0 Å². The first-order valence-electron chi connectivity index (χ1n) is 21.7. The van der Waals surface area contributed by atoms with Crippen molar-refractivity contribution in [2.75, 3.05) is 4.90 Å². The highest BCUT2D eigenvalue weighted by Gasteiger charge is 2.24. The molecule has 0 spiro atoms. The van der Waals surface area contributed by atoms with Gasteiger partial charge in [0.15, 0.2) is 0 Å². The first kappa shape index (κ1) is 37.2. The Kier molecular flexibility index (Phi) is 9.12. The molecule has 0 atom stereocenters. The minimum Gasteiger partial charge on any atom is -0.310 e. The molecule has 0 aliphatic rings. The van der Waals surface area contributed by atoms with E-state index in [1.807, 2.05) is 24.5 Å². The second-order valence-corrected chi connectivity index (χ2v) is 16.1. The summed E-state index contributed by atoms with van der Waals surface area (Å²) in [5.41, 5.74) is 15.4. The summed E-state index contributed by atoms with van der Waals surface area (Å²) in [7, 11) is 0. The fourth-order valence-corrected chi connectivity index (χ4v) is 9.76. The Morgan fingerprint density at radius 2 is 0.750 bits per heavy atom. The van der Waals surface area contributed by atoms with Crippen molar-refractivity contribution in [2.45, 2.75) is 0 Å². The Labute approximate surface area is 371 Å². The van der Waals surface area contributed by atoms with Crippen LogP contribution in [-0.2, 0) is 0 Å². The highest BCUT2D eigenvalue weighted by molar-refractivity contribution is 6.24. The summed E-state index contributed by atoms with van der Waals surface area (Å²) in [5, 5.41) is 7.06. The lowest BCUT2D eigenvalue weighted by Gasteiger charge is -2.27. The van der Waals surface area contributed by atoms with Gasteiger partial charge in [-0.1, -0.05) is 146 Å². The number of para-hydroxylation sites is 3. The third-order valence-electron chi connectivity index (χ3n) is 12.5. The van der Waals surface area contributed by atoms with E-state index in [2.05, 4.69) is 228 Å². The van der Waals surface area contributed by atoms with Gasteiger partial charge in [-0.15, -0.1) is 0 Å². The number of anilines is 3. The lowest BCUT2D eigenvalue weighted by atomic mass is 9.83. The van der Waals surface area contributed by atoms with Crippen LogP contribution in [0.2, 0.25) is 0 Å². The average Bonchev–Trinajstić information content (AvgIpc) is 3.70. The van der Waals surface area contributed by atoms with E-state index in [1.54, 1.807) is 0 Å². The Hall–Kier alpha value is -8.60. The van der Waals surface area contributed by atoms with Crippen LogP contribution in [0.1, 0.15) is 0 Å². The van der Waals surface area contributed by atoms with Gasteiger partial charge in [-0.25, -0.2) is 0 Å². The third-order valence-corrected chi connectivity index (χ3v) is 12.5. The highest BCUT2D eigenvalue weighted by Crippen LogP contribution is 2.49. The third kappa shape index (κ3) is 6.23. The predicted octanol–water partition coefficient (Wildman–Crippen LogP) is 16.0. The molecule has 4 heteroatoms. The zero-order valence-electron chi connectivity index (χ0n) is 34.9. The second kappa shape index (κ2) is 15.7. The van der Waals surface area contributed by atoms with E-state index >= 15 is 0 Å². The molecule has 0 aliphatic carbocycles. The van der Waals surface area contributed by atoms with E-state index in [1.165, 1.54) is 43.7 Å². The van der Waals surface area contributed by atoms with E-state index in [0.717, 1.165) is 67.2 Å². The number of nitrogens with zero attached hydrogens (tertiary/aromatic N) is 4. The molecule has 0 radical (unpaired) electrons. The van der Waals surface area contributed by atoms with E-state index in [9.17, 15) is 0 Å². The van der Waals surface area contributed by atoms with Crippen molar-refractivity contribution in [3.8, 4) is 50.5 Å². The van der Waals surface area contributed by atoms with E-state index in [4.69, 9.17) is 9.97 Å². The van der Waals surface area contributed by atoms with Crippen molar-refractivity contribution in [1.82, 2.24) is 14.5 Å². The molecule has 3 aromatic heterocycles. The van der Waals surface area contributed by atoms with Gasteiger partial charge in [0.25, 0.3) is 0 Å². The van der Waals surface area contributed by atoms with E-state index in [0.29, 0.717) is 0 Å². The van der Waals surface area contributed by atoms with Gasteiger partial charge in [-0.2, -0.15) is 0 Å². The Morgan fingerprint density at radius 1 is 0.297 bits per heavy atom. The summed E-state index contributed by atoms with van der Waals surface area (Å²) in [5.74, 6) is 0. The maximum absolute atomic E-state index is 4.88. The van der Waals surface area contributed by atoms with Gasteiger partial charge in [0, 0.05) is 57.0 Å². The first-order chi connectivity index (χ1) is 31.8. The Bertz CT molecular complexity index is 3660. The van der Waals surface area contributed by atoms with Crippen LogP contribution in [0.4, 0.5) is 17.1 Å². The molecule has 3 heterocycles. The van der Waals surface area contributed by atoms with Crippen LogP contribution in [0.3, 0.4) is 0 Å². The molecule has 0 saturated heterocycles. The molecule has 0 bridgehead atoms. The van der Waals surface area contributed by atoms with Gasteiger partial charge in [0.2, 0.25) is 0 Å². The standard InChI is InChI=1S/C60H40N4/c1-3-19-41(20-4-1)63(44-34-36-58-53(39-44)47-25-13-14-32-57(47)64(58)42-21-5-2-6-22-42)43-33-35-52-54(40-43)60(49-27-10-8-24-46(49)56-31-16-18-38-62-56)51-29-12-11-28-50(51)59(52)48-26-9-7-23-45(48)55-30-15-17-37-61-55/h1-40H. The van der Waals surface area contributed by atoms with Crippen LogP contribution in [0, 0.1) is 0 Å². The number of pyridine rings is 2. The molecule has 0 amide bonds. The number of fused-ring (bicyclic) bond motifs is 5. The number of hydrogen-bond donors (Lipinski definition) is 0. The quantitative estimate of drug-likeness (QED) is 0.143. The monoisotopic (exact) mass is 816 g/mol. The van der Waals surface area contributed by atoms with Crippen molar-refractivity contribution in [3.63, 3.8) is 0 Å². The summed E-state index contributed by atoms with van der Waals surface area (Å²) in [6.45, 7) is 0. The molecule has 4 nitrogen and oxygen atoms in total. The molecule has 0 aliphatic heterocycles. The minimum absolute atomic E-state index is 0.935. The maximum atomic E-state index is 4.88. The second-order valence-electron chi connectivity index (χ2n) is 16.1. The van der Waals surface area contributed by atoms with Crippen molar-refractivity contribution in [3.05, 3.63) is 243 Å². The fourth-order valence-electron chi connectivity index (χ4n) is 9.76. The zero-order chi connectivity index (χ0) is 42.4. The van der Waals surface area contributed by atoms with Gasteiger partial charge in [-0.05, 0) is 129 Å². The molecule has 0 N–H and O–H groups in total. The molecule has 0 saturated carbocycles. The lowest BCUT2D eigenvalue weighted by Crippen LogP contribution is -2.10. The number of rotatable bonds is 8. The number of hydrogen-bond acceptors (Lipinski definition) is 3. The molecular weight excluding hydrogens is 777 g/mol. The summed E-state index contributed by atoms with van der Waals surface area (Å²) in [4.78, 5) is 12.1. The molecule has 0 unspecified atom stereocenters. The first-order valence-corrected chi connectivity index (χ1v) is 21.7. The SMILES string of the molecule is c1ccc(N(c2ccc3c(-c4ccccc4-c4ccccn4)c4ccccc4c(-c4ccccc4-c4ccccn4)c3c2)c2ccc3c(c2)c2ccccc2n3-c2ccccc2)cc1. The Morgan fingerprint density at radius 3 is 1.36 bits per heavy atom. The molecule has 64 heavy (non-hydrogen) atoms. The van der Waals surface area contributed by atoms with Crippen LogP contribution in [-0.4, -0.2) is 14.5 Å². The van der Waals surface area contributed by atoms with Gasteiger partial charge >= 0.3 is 0 Å². The summed E-state index contributed by atoms with van der Waals surface area (Å²) < 4.78 is 2.37.